The second kappa shape index (κ2) is 9.83. The number of hydrogen-bond acceptors (Lipinski definition) is 6. The van der Waals surface area contributed by atoms with Gasteiger partial charge in [0, 0.05) is 23.2 Å². The van der Waals surface area contributed by atoms with E-state index in [9.17, 15) is 4.79 Å². The molecule has 1 aliphatic rings. The van der Waals surface area contributed by atoms with Crippen molar-refractivity contribution >= 4 is 29.3 Å². The molecule has 0 saturated heterocycles. The van der Waals surface area contributed by atoms with Crippen molar-refractivity contribution in [2.24, 2.45) is 0 Å². The van der Waals surface area contributed by atoms with Gasteiger partial charge >= 0.3 is 0 Å². The van der Waals surface area contributed by atoms with E-state index in [2.05, 4.69) is 10.2 Å². The molecular formula is C23H25ClN4O3S. The minimum atomic E-state index is 0.0545. The zero-order valence-electron chi connectivity index (χ0n) is 18.2. The van der Waals surface area contributed by atoms with E-state index in [1.807, 2.05) is 52.8 Å². The first-order valence-corrected chi connectivity index (χ1v) is 11.7. The topological polar surface area (TPSA) is 69.5 Å². The molecule has 1 aliphatic carbocycles. The van der Waals surface area contributed by atoms with Crippen molar-refractivity contribution in [2.75, 3.05) is 20.0 Å². The van der Waals surface area contributed by atoms with Gasteiger partial charge in [0.25, 0.3) is 0 Å². The van der Waals surface area contributed by atoms with Gasteiger partial charge in [-0.2, -0.15) is 0 Å². The monoisotopic (exact) mass is 472 g/mol. The highest BCUT2D eigenvalue weighted by molar-refractivity contribution is 7.99. The van der Waals surface area contributed by atoms with Gasteiger partial charge in [-0.3, -0.25) is 9.36 Å². The number of amides is 1. The lowest BCUT2D eigenvalue weighted by molar-refractivity contribution is -0.129. The molecule has 0 radical (unpaired) electrons. The van der Waals surface area contributed by atoms with Gasteiger partial charge in [0.2, 0.25) is 5.91 Å². The molecule has 4 rings (SSSR count). The SMILES string of the molecule is COc1ccc(OC)c(CN(C(=O)CSc2nncn2-c2ccc(C)c(Cl)c2)C2CC2)c1. The summed E-state index contributed by atoms with van der Waals surface area (Å²) in [6, 6.07) is 11.7. The first kappa shape index (κ1) is 22.5. The molecule has 3 aromatic rings. The number of carbonyl (C=O) groups is 1. The fourth-order valence-corrected chi connectivity index (χ4v) is 4.43. The van der Waals surface area contributed by atoms with Crippen molar-refractivity contribution in [3.63, 3.8) is 0 Å². The summed E-state index contributed by atoms with van der Waals surface area (Å²) >= 11 is 7.64. The molecule has 1 fully saturated rings. The van der Waals surface area contributed by atoms with Crippen molar-refractivity contribution in [1.29, 1.82) is 0 Å². The fraction of sp³-hybridized carbons (Fsp3) is 0.348. The van der Waals surface area contributed by atoms with Crippen LogP contribution in [0.3, 0.4) is 0 Å². The Balaban J connectivity index is 1.48. The third kappa shape index (κ3) is 5.02. The van der Waals surface area contributed by atoms with E-state index in [-0.39, 0.29) is 17.7 Å². The van der Waals surface area contributed by atoms with E-state index < -0.39 is 0 Å². The van der Waals surface area contributed by atoms with E-state index in [0.29, 0.717) is 16.7 Å². The van der Waals surface area contributed by atoms with Crippen LogP contribution in [-0.2, 0) is 11.3 Å². The molecule has 9 heteroatoms. The molecule has 1 aromatic heterocycles. The highest BCUT2D eigenvalue weighted by atomic mass is 35.5. The van der Waals surface area contributed by atoms with Crippen LogP contribution < -0.4 is 9.47 Å². The molecule has 168 valence electrons. The third-order valence-electron chi connectivity index (χ3n) is 5.41. The van der Waals surface area contributed by atoms with Crippen LogP contribution in [0.5, 0.6) is 11.5 Å². The first-order valence-electron chi connectivity index (χ1n) is 10.3. The minimum absolute atomic E-state index is 0.0545. The molecule has 2 aromatic carbocycles. The van der Waals surface area contributed by atoms with Crippen LogP contribution in [0.2, 0.25) is 5.02 Å². The Kier molecular flexibility index (Phi) is 6.91. The fourth-order valence-electron chi connectivity index (χ4n) is 3.44. The van der Waals surface area contributed by atoms with Crippen LogP contribution in [0.1, 0.15) is 24.0 Å². The summed E-state index contributed by atoms with van der Waals surface area (Å²) in [7, 11) is 3.26. The smallest absolute Gasteiger partial charge is 0.233 e. The molecule has 1 heterocycles. The Hall–Kier alpha value is -2.71. The molecule has 7 nitrogen and oxygen atoms in total. The van der Waals surface area contributed by atoms with E-state index in [0.717, 1.165) is 41.2 Å². The van der Waals surface area contributed by atoms with Gasteiger partial charge in [0.15, 0.2) is 5.16 Å². The number of aryl methyl sites for hydroxylation is 1. The molecule has 1 saturated carbocycles. The van der Waals surface area contributed by atoms with Crippen LogP contribution >= 0.6 is 23.4 Å². The average molecular weight is 473 g/mol. The molecule has 0 spiro atoms. The van der Waals surface area contributed by atoms with Crippen LogP contribution in [0.4, 0.5) is 0 Å². The van der Waals surface area contributed by atoms with Crippen molar-refractivity contribution in [3.05, 3.63) is 58.9 Å². The molecule has 0 atom stereocenters. The first-order chi connectivity index (χ1) is 15.5. The molecule has 1 amide bonds. The van der Waals surface area contributed by atoms with Crippen LogP contribution in [0.15, 0.2) is 47.9 Å². The number of ether oxygens (including phenoxy) is 2. The molecular weight excluding hydrogens is 448 g/mol. The summed E-state index contributed by atoms with van der Waals surface area (Å²) in [5.74, 6) is 1.80. The van der Waals surface area contributed by atoms with E-state index in [1.54, 1.807) is 20.5 Å². The Morgan fingerprint density at radius 2 is 2.03 bits per heavy atom. The van der Waals surface area contributed by atoms with Crippen molar-refractivity contribution < 1.29 is 14.3 Å². The summed E-state index contributed by atoms with van der Waals surface area (Å²) in [6.07, 6.45) is 3.66. The van der Waals surface area contributed by atoms with Crippen molar-refractivity contribution in [1.82, 2.24) is 19.7 Å². The Bertz CT molecular complexity index is 1120. The minimum Gasteiger partial charge on any atom is -0.497 e. The normalized spacial score (nSPS) is 13.1. The number of aromatic nitrogens is 3. The largest absolute Gasteiger partial charge is 0.497 e. The number of rotatable bonds is 9. The van der Waals surface area contributed by atoms with Gasteiger partial charge in [-0.1, -0.05) is 29.4 Å². The molecule has 0 bridgehead atoms. The van der Waals surface area contributed by atoms with Crippen molar-refractivity contribution in [3.8, 4) is 17.2 Å². The number of benzene rings is 2. The van der Waals surface area contributed by atoms with E-state index in [1.165, 1.54) is 11.8 Å². The molecule has 0 N–H and O–H groups in total. The van der Waals surface area contributed by atoms with Crippen LogP contribution in [-0.4, -0.2) is 51.6 Å². The number of carbonyl (C=O) groups excluding carboxylic acids is 1. The molecule has 32 heavy (non-hydrogen) atoms. The number of thioether (sulfide) groups is 1. The average Bonchev–Trinajstić information content (AvgIpc) is 3.54. The van der Waals surface area contributed by atoms with Gasteiger partial charge in [0.1, 0.15) is 17.8 Å². The Morgan fingerprint density at radius 3 is 2.72 bits per heavy atom. The maximum Gasteiger partial charge on any atom is 0.233 e. The highest BCUT2D eigenvalue weighted by Gasteiger charge is 2.33. The maximum atomic E-state index is 13.2. The molecule has 0 aliphatic heterocycles. The molecule has 0 unspecified atom stereocenters. The Morgan fingerprint density at radius 1 is 1.22 bits per heavy atom. The van der Waals surface area contributed by atoms with E-state index >= 15 is 0 Å². The summed E-state index contributed by atoms with van der Waals surface area (Å²) in [4.78, 5) is 15.1. The van der Waals surface area contributed by atoms with Gasteiger partial charge in [-0.15, -0.1) is 10.2 Å². The zero-order chi connectivity index (χ0) is 22.7. The third-order valence-corrected chi connectivity index (χ3v) is 6.75. The second-order valence-electron chi connectivity index (χ2n) is 7.64. The lowest BCUT2D eigenvalue weighted by Crippen LogP contribution is -2.34. The highest BCUT2D eigenvalue weighted by Crippen LogP contribution is 2.33. The number of halogens is 1. The maximum absolute atomic E-state index is 13.2. The Labute approximate surface area is 196 Å². The number of hydrogen-bond donors (Lipinski definition) is 0. The van der Waals surface area contributed by atoms with Gasteiger partial charge in [-0.25, -0.2) is 0 Å². The zero-order valence-corrected chi connectivity index (χ0v) is 19.8. The quantitative estimate of drug-likeness (QED) is 0.426. The second-order valence-corrected chi connectivity index (χ2v) is 8.99. The van der Waals surface area contributed by atoms with Gasteiger partial charge < -0.3 is 14.4 Å². The standard InChI is InChI=1S/C23H25ClN4O3S/c1-15-4-5-18(11-20(15)24)28-14-25-26-23(28)32-13-22(29)27(17-6-7-17)12-16-10-19(30-2)8-9-21(16)31-3/h4-5,8-11,14,17H,6-7,12-13H2,1-3H3. The number of methoxy groups -OCH3 is 2. The summed E-state index contributed by atoms with van der Waals surface area (Å²) in [6.45, 7) is 2.43. The van der Waals surface area contributed by atoms with E-state index in [4.69, 9.17) is 21.1 Å². The lowest BCUT2D eigenvalue weighted by atomic mass is 10.1. The summed E-state index contributed by atoms with van der Waals surface area (Å²) < 4.78 is 12.7. The summed E-state index contributed by atoms with van der Waals surface area (Å²) in [5, 5.41) is 9.54. The van der Waals surface area contributed by atoms with Crippen LogP contribution in [0, 0.1) is 6.92 Å². The van der Waals surface area contributed by atoms with Crippen LogP contribution in [0.25, 0.3) is 5.69 Å². The van der Waals surface area contributed by atoms with Gasteiger partial charge in [0.05, 0.1) is 25.7 Å². The predicted octanol–water partition coefficient (Wildman–Crippen LogP) is 4.53. The lowest BCUT2D eigenvalue weighted by Gasteiger charge is -2.23. The predicted molar refractivity (Wildman–Crippen MR) is 125 cm³/mol. The van der Waals surface area contributed by atoms with Gasteiger partial charge in [-0.05, 0) is 55.7 Å². The number of nitrogens with zero attached hydrogens (tertiary/aromatic N) is 4. The summed E-state index contributed by atoms with van der Waals surface area (Å²) in [5.41, 5.74) is 2.79. The van der Waals surface area contributed by atoms with Crippen molar-refractivity contribution in [2.45, 2.75) is 37.5 Å².